The molecule has 0 saturated carbocycles. The van der Waals surface area contributed by atoms with Crippen LogP contribution >= 0.6 is 0 Å². The molecule has 1 fully saturated rings. The highest BCUT2D eigenvalue weighted by Gasteiger charge is 2.20. The quantitative estimate of drug-likeness (QED) is 0.527. The number of ether oxygens (including phenoxy) is 2. The van der Waals surface area contributed by atoms with Gasteiger partial charge >= 0.3 is 0 Å². The molecule has 0 spiro atoms. The molecule has 1 aromatic rings. The second-order valence-corrected chi connectivity index (χ2v) is 7.15. The SMILES string of the molecule is CCNC(=NCc1ccc(OC)c(OC)c1)NCCC(=O)N1CCCC(C)C1. The normalized spacial score (nSPS) is 17.2. The first-order valence-electron chi connectivity index (χ1n) is 10.1. The lowest BCUT2D eigenvalue weighted by Crippen LogP contribution is -2.42. The number of carbonyl (C=O) groups is 1. The minimum Gasteiger partial charge on any atom is -0.493 e. The Morgan fingerprint density at radius 1 is 1.25 bits per heavy atom. The number of amides is 1. The molecule has 0 bridgehead atoms. The fourth-order valence-corrected chi connectivity index (χ4v) is 3.35. The van der Waals surface area contributed by atoms with Crippen LogP contribution in [0, 0.1) is 5.92 Å². The van der Waals surface area contributed by atoms with E-state index < -0.39 is 0 Å². The Balaban J connectivity index is 1.87. The molecule has 28 heavy (non-hydrogen) atoms. The van der Waals surface area contributed by atoms with Gasteiger partial charge in [-0.15, -0.1) is 0 Å². The van der Waals surface area contributed by atoms with Gasteiger partial charge in [0.15, 0.2) is 17.5 Å². The first-order chi connectivity index (χ1) is 13.6. The zero-order valence-electron chi connectivity index (χ0n) is 17.6. The van der Waals surface area contributed by atoms with Gasteiger partial charge in [-0.05, 0) is 43.4 Å². The third-order valence-corrected chi connectivity index (χ3v) is 4.85. The summed E-state index contributed by atoms with van der Waals surface area (Å²) >= 11 is 0. The summed E-state index contributed by atoms with van der Waals surface area (Å²) in [7, 11) is 3.24. The van der Waals surface area contributed by atoms with Crippen LogP contribution in [0.15, 0.2) is 23.2 Å². The number of hydrogen-bond acceptors (Lipinski definition) is 4. The maximum atomic E-state index is 12.4. The molecule has 0 aromatic heterocycles. The van der Waals surface area contributed by atoms with Crippen molar-refractivity contribution < 1.29 is 14.3 Å². The van der Waals surface area contributed by atoms with Gasteiger partial charge in [-0.2, -0.15) is 0 Å². The first kappa shape index (κ1) is 21.9. The van der Waals surface area contributed by atoms with Crippen LogP contribution < -0.4 is 20.1 Å². The summed E-state index contributed by atoms with van der Waals surface area (Å²) in [5, 5.41) is 6.48. The number of aliphatic imine (C=N–C) groups is 1. The van der Waals surface area contributed by atoms with Crippen LogP contribution in [0.25, 0.3) is 0 Å². The lowest BCUT2D eigenvalue weighted by atomic mass is 10.00. The molecule has 1 saturated heterocycles. The maximum Gasteiger partial charge on any atom is 0.224 e. The minimum absolute atomic E-state index is 0.217. The van der Waals surface area contributed by atoms with Crippen molar-refractivity contribution in [3.63, 3.8) is 0 Å². The van der Waals surface area contributed by atoms with E-state index in [1.165, 1.54) is 6.42 Å². The highest BCUT2D eigenvalue weighted by Crippen LogP contribution is 2.27. The van der Waals surface area contributed by atoms with Crippen molar-refractivity contribution in [3.8, 4) is 11.5 Å². The van der Waals surface area contributed by atoms with E-state index in [4.69, 9.17) is 9.47 Å². The summed E-state index contributed by atoms with van der Waals surface area (Å²) in [4.78, 5) is 19.0. The second-order valence-electron chi connectivity index (χ2n) is 7.15. The molecule has 1 amide bonds. The predicted octanol–water partition coefficient (Wildman–Crippen LogP) is 2.41. The van der Waals surface area contributed by atoms with E-state index in [9.17, 15) is 4.79 Å². The lowest BCUT2D eigenvalue weighted by Gasteiger charge is -2.31. The smallest absolute Gasteiger partial charge is 0.224 e. The number of piperidine rings is 1. The summed E-state index contributed by atoms with van der Waals surface area (Å²) in [5.74, 6) is 2.92. The Morgan fingerprint density at radius 3 is 2.71 bits per heavy atom. The van der Waals surface area contributed by atoms with Crippen molar-refractivity contribution in [2.75, 3.05) is 40.4 Å². The molecular weight excluding hydrogens is 356 g/mol. The lowest BCUT2D eigenvalue weighted by molar-refractivity contribution is -0.132. The van der Waals surface area contributed by atoms with Crippen LogP contribution in [-0.2, 0) is 11.3 Å². The van der Waals surface area contributed by atoms with Gasteiger partial charge < -0.3 is 25.0 Å². The van der Waals surface area contributed by atoms with Gasteiger partial charge in [-0.1, -0.05) is 13.0 Å². The summed E-state index contributed by atoms with van der Waals surface area (Å²) in [6, 6.07) is 5.77. The van der Waals surface area contributed by atoms with Gasteiger partial charge in [0.05, 0.1) is 20.8 Å². The first-order valence-corrected chi connectivity index (χ1v) is 10.1. The zero-order valence-corrected chi connectivity index (χ0v) is 17.6. The van der Waals surface area contributed by atoms with E-state index in [1.54, 1.807) is 14.2 Å². The highest BCUT2D eigenvalue weighted by molar-refractivity contribution is 5.81. The van der Waals surface area contributed by atoms with Crippen LogP contribution in [0.4, 0.5) is 0 Å². The molecule has 1 atom stereocenters. The molecule has 1 aromatic carbocycles. The van der Waals surface area contributed by atoms with Gasteiger partial charge in [0, 0.05) is 32.6 Å². The summed E-state index contributed by atoms with van der Waals surface area (Å²) < 4.78 is 10.6. The Hall–Kier alpha value is -2.44. The average molecular weight is 391 g/mol. The predicted molar refractivity (Wildman–Crippen MR) is 112 cm³/mol. The topological polar surface area (TPSA) is 75.2 Å². The Labute approximate surface area is 168 Å². The van der Waals surface area contributed by atoms with Crippen LogP contribution in [0.5, 0.6) is 11.5 Å². The number of likely N-dealkylation sites (tertiary alicyclic amines) is 1. The largest absolute Gasteiger partial charge is 0.493 e. The van der Waals surface area contributed by atoms with E-state index in [2.05, 4.69) is 22.5 Å². The third-order valence-electron chi connectivity index (χ3n) is 4.85. The molecule has 1 aliphatic rings. The standard InChI is InChI=1S/C21H34N4O3/c1-5-22-21(23-11-10-20(26)25-12-6-7-16(2)15-25)24-14-17-8-9-18(27-3)19(13-17)28-4/h8-9,13,16H,5-7,10-12,14-15H2,1-4H3,(H2,22,23,24). The number of benzene rings is 1. The Morgan fingerprint density at radius 2 is 2.04 bits per heavy atom. The summed E-state index contributed by atoms with van der Waals surface area (Å²) in [6.45, 7) is 7.84. The summed E-state index contributed by atoms with van der Waals surface area (Å²) in [5.41, 5.74) is 1.02. The number of rotatable bonds is 8. The van der Waals surface area contributed by atoms with Crippen molar-refractivity contribution in [3.05, 3.63) is 23.8 Å². The van der Waals surface area contributed by atoms with Crippen LogP contribution in [-0.4, -0.2) is 57.2 Å². The van der Waals surface area contributed by atoms with E-state index in [-0.39, 0.29) is 5.91 Å². The molecule has 0 radical (unpaired) electrons. The Bertz CT molecular complexity index is 663. The molecule has 1 unspecified atom stereocenters. The van der Waals surface area contributed by atoms with Gasteiger partial charge in [-0.25, -0.2) is 4.99 Å². The van der Waals surface area contributed by atoms with Gasteiger partial charge in [0.1, 0.15) is 0 Å². The number of hydrogen-bond donors (Lipinski definition) is 2. The van der Waals surface area contributed by atoms with E-state index in [0.29, 0.717) is 42.9 Å². The molecular formula is C21H34N4O3. The molecule has 0 aliphatic carbocycles. The molecule has 1 aliphatic heterocycles. The van der Waals surface area contributed by atoms with Crippen LogP contribution in [0.2, 0.25) is 0 Å². The van der Waals surface area contributed by atoms with E-state index >= 15 is 0 Å². The molecule has 156 valence electrons. The number of nitrogens with one attached hydrogen (secondary N) is 2. The fourth-order valence-electron chi connectivity index (χ4n) is 3.35. The van der Waals surface area contributed by atoms with Crippen molar-refractivity contribution >= 4 is 11.9 Å². The number of guanidine groups is 1. The van der Waals surface area contributed by atoms with Gasteiger partial charge in [0.2, 0.25) is 5.91 Å². The molecule has 2 rings (SSSR count). The number of nitrogens with zero attached hydrogens (tertiary/aromatic N) is 2. The van der Waals surface area contributed by atoms with E-state index in [0.717, 1.165) is 31.6 Å². The average Bonchev–Trinajstić information content (AvgIpc) is 2.71. The molecule has 7 heteroatoms. The zero-order chi connectivity index (χ0) is 20.4. The van der Waals surface area contributed by atoms with Crippen LogP contribution in [0.1, 0.15) is 38.7 Å². The van der Waals surface area contributed by atoms with Crippen molar-refractivity contribution in [2.45, 2.75) is 39.7 Å². The number of carbonyl (C=O) groups excluding carboxylic acids is 1. The van der Waals surface area contributed by atoms with E-state index in [1.807, 2.05) is 30.0 Å². The monoisotopic (exact) mass is 390 g/mol. The maximum absolute atomic E-state index is 12.4. The fraction of sp³-hybridized carbons (Fsp3) is 0.619. The van der Waals surface area contributed by atoms with Gasteiger partial charge in [0.25, 0.3) is 0 Å². The van der Waals surface area contributed by atoms with Crippen LogP contribution in [0.3, 0.4) is 0 Å². The molecule has 7 nitrogen and oxygen atoms in total. The van der Waals surface area contributed by atoms with Crippen molar-refractivity contribution in [2.24, 2.45) is 10.9 Å². The minimum atomic E-state index is 0.217. The Kier molecular flexibility index (Phi) is 8.91. The number of methoxy groups -OCH3 is 2. The molecule has 1 heterocycles. The second kappa shape index (κ2) is 11.4. The van der Waals surface area contributed by atoms with Gasteiger partial charge in [-0.3, -0.25) is 4.79 Å². The van der Waals surface area contributed by atoms with Crippen molar-refractivity contribution in [1.29, 1.82) is 0 Å². The summed E-state index contributed by atoms with van der Waals surface area (Å²) in [6.07, 6.45) is 2.80. The molecule has 2 N–H and O–H groups in total. The van der Waals surface area contributed by atoms with Crippen molar-refractivity contribution in [1.82, 2.24) is 15.5 Å². The highest BCUT2D eigenvalue weighted by atomic mass is 16.5. The third kappa shape index (κ3) is 6.62.